The number of nitrogens with one attached hydrogen (secondary N) is 1. The molecule has 5 nitrogen and oxygen atoms in total. The Balaban J connectivity index is 1.47. The number of nitrogens with zero attached hydrogens (tertiary/aromatic N) is 1. The van der Waals surface area contributed by atoms with E-state index >= 15 is 0 Å². The molecular formula is C21H17ClF2N2O3S. The minimum atomic E-state index is -0.959. The van der Waals surface area contributed by atoms with E-state index in [1.54, 1.807) is 30.3 Å². The summed E-state index contributed by atoms with van der Waals surface area (Å²) in [5.74, 6) is -2.64. The Bertz CT molecular complexity index is 1010. The number of rotatable bonds is 7. The molecule has 1 N–H and O–H groups in total. The van der Waals surface area contributed by atoms with Crippen molar-refractivity contribution in [3.63, 3.8) is 0 Å². The minimum Gasteiger partial charge on any atom is -0.354 e. The van der Waals surface area contributed by atoms with Crippen molar-refractivity contribution in [2.75, 3.05) is 13.1 Å². The normalized spacial score (nSPS) is 15.2. The van der Waals surface area contributed by atoms with Crippen LogP contribution in [-0.2, 0) is 16.0 Å². The van der Waals surface area contributed by atoms with E-state index in [4.69, 9.17) is 11.6 Å². The van der Waals surface area contributed by atoms with Gasteiger partial charge in [-0.15, -0.1) is 0 Å². The molecule has 2 aromatic rings. The van der Waals surface area contributed by atoms with Gasteiger partial charge in [0.1, 0.15) is 0 Å². The molecule has 1 saturated heterocycles. The molecule has 30 heavy (non-hydrogen) atoms. The van der Waals surface area contributed by atoms with Crippen LogP contribution < -0.4 is 5.32 Å². The van der Waals surface area contributed by atoms with Gasteiger partial charge in [0.2, 0.25) is 5.91 Å². The number of hydrogen-bond donors (Lipinski definition) is 1. The highest BCUT2D eigenvalue weighted by molar-refractivity contribution is 8.18. The summed E-state index contributed by atoms with van der Waals surface area (Å²) in [6.45, 7) is 0.141. The summed E-state index contributed by atoms with van der Waals surface area (Å²) in [4.78, 5) is 37.9. The second-order valence-electron chi connectivity index (χ2n) is 6.48. The summed E-state index contributed by atoms with van der Waals surface area (Å²) in [5, 5.41) is 2.79. The maximum Gasteiger partial charge on any atom is 0.293 e. The standard InChI is InChI=1S/C21H17ClF2N2O3S/c22-15-5-1-14(2-6-15)12-18-20(28)26(21(29)30-18)10-9-25-19(27)8-4-13-3-7-16(23)17(24)11-13/h1-3,5-7,11-12H,4,8-10H2,(H,25,27)/b18-12-. The molecule has 0 radical (unpaired) electrons. The fourth-order valence-corrected chi connectivity index (χ4v) is 3.74. The zero-order chi connectivity index (χ0) is 21.7. The zero-order valence-corrected chi connectivity index (χ0v) is 17.2. The maximum absolute atomic E-state index is 13.2. The van der Waals surface area contributed by atoms with E-state index in [1.807, 2.05) is 0 Å². The lowest BCUT2D eigenvalue weighted by molar-refractivity contribution is -0.124. The predicted molar refractivity (Wildman–Crippen MR) is 112 cm³/mol. The topological polar surface area (TPSA) is 66.5 Å². The lowest BCUT2D eigenvalue weighted by Crippen LogP contribution is -2.37. The van der Waals surface area contributed by atoms with Gasteiger partial charge < -0.3 is 5.32 Å². The van der Waals surface area contributed by atoms with E-state index in [9.17, 15) is 23.2 Å². The molecule has 0 bridgehead atoms. The number of halogens is 3. The van der Waals surface area contributed by atoms with Crippen LogP contribution in [0.1, 0.15) is 17.5 Å². The lowest BCUT2D eigenvalue weighted by atomic mass is 10.1. The van der Waals surface area contributed by atoms with Crippen molar-refractivity contribution in [2.45, 2.75) is 12.8 Å². The molecule has 1 aliphatic heterocycles. The molecule has 0 unspecified atom stereocenters. The van der Waals surface area contributed by atoms with Crippen LogP contribution >= 0.6 is 23.4 Å². The third kappa shape index (κ3) is 5.67. The Morgan fingerprint density at radius 3 is 2.53 bits per heavy atom. The Kier molecular flexibility index (Phi) is 7.23. The van der Waals surface area contributed by atoms with Crippen LogP contribution in [0.3, 0.4) is 0 Å². The molecule has 156 valence electrons. The van der Waals surface area contributed by atoms with E-state index < -0.39 is 22.8 Å². The number of aryl methyl sites for hydroxylation is 1. The lowest BCUT2D eigenvalue weighted by Gasteiger charge is -2.13. The second-order valence-corrected chi connectivity index (χ2v) is 7.91. The van der Waals surface area contributed by atoms with E-state index in [1.165, 1.54) is 6.07 Å². The maximum atomic E-state index is 13.2. The van der Waals surface area contributed by atoms with Crippen LogP contribution in [0.2, 0.25) is 5.02 Å². The Hall–Kier alpha value is -2.71. The third-order valence-electron chi connectivity index (χ3n) is 4.32. The van der Waals surface area contributed by atoms with Gasteiger partial charge in [0.05, 0.1) is 4.91 Å². The summed E-state index contributed by atoms with van der Waals surface area (Å²) in [5.41, 5.74) is 1.25. The summed E-state index contributed by atoms with van der Waals surface area (Å²) < 4.78 is 26.1. The molecule has 0 saturated carbocycles. The first kappa shape index (κ1) is 22.0. The molecule has 1 heterocycles. The van der Waals surface area contributed by atoms with Crippen LogP contribution in [0.15, 0.2) is 47.4 Å². The first-order valence-electron chi connectivity index (χ1n) is 9.05. The highest BCUT2D eigenvalue weighted by Gasteiger charge is 2.34. The van der Waals surface area contributed by atoms with Crippen molar-refractivity contribution < 1.29 is 23.2 Å². The largest absolute Gasteiger partial charge is 0.354 e. The van der Waals surface area contributed by atoms with Crippen molar-refractivity contribution in [1.82, 2.24) is 10.2 Å². The second kappa shape index (κ2) is 9.86. The molecule has 1 fully saturated rings. The van der Waals surface area contributed by atoms with Gasteiger partial charge in [-0.2, -0.15) is 0 Å². The first-order chi connectivity index (χ1) is 14.3. The van der Waals surface area contributed by atoms with Crippen LogP contribution in [-0.4, -0.2) is 35.0 Å². The van der Waals surface area contributed by atoms with Gasteiger partial charge in [-0.3, -0.25) is 19.3 Å². The number of carbonyl (C=O) groups excluding carboxylic acids is 3. The van der Waals surface area contributed by atoms with Crippen LogP contribution in [0.5, 0.6) is 0 Å². The van der Waals surface area contributed by atoms with Gasteiger partial charge in [0.25, 0.3) is 11.1 Å². The molecule has 9 heteroatoms. The number of benzene rings is 2. The van der Waals surface area contributed by atoms with E-state index in [0.29, 0.717) is 15.5 Å². The predicted octanol–water partition coefficient (Wildman–Crippen LogP) is 4.40. The van der Waals surface area contributed by atoms with Crippen LogP contribution in [0.25, 0.3) is 6.08 Å². The molecule has 0 aromatic heterocycles. The number of amides is 3. The first-order valence-corrected chi connectivity index (χ1v) is 10.2. The fraction of sp³-hybridized carbons (Fsp3) is 0.190. The van der Waals surface area contributed by atoms with E-state index in [0.717, 1.165) is 34.4 Å². The van der Waals surface area contributed by atoms with Crippen molar-refractivity contribution in [1.29, 1.82) is 0 Å². The molecule has 3 amide bonds. The molecule has 2 aromatic carbocycles. The van der Waals surface area contributed by atoms with Crippen LogP contribution in [0.4, 0.5) is 13.6 Å². The van der Waals surface area contributed by atoms with Crippen molar-refractivity contribution >= 4 is 46.5 Å². The van der Waals surface area contributed by atoms with E-state index in [2.05, 4.69) is 5.32 Å². The molecule has 0 atom stereocenters. The van der Waals surface area contributed by atoms with Gasteiger partial charge in [-0.25, -0.2) is 8.78 Å². The number of carbonyl (C=O) groups is 3. The third-order valence-corrected chi connectivity index (χ3v) is 5.48. The average Bonchev–Trinajstić information content (AvgIpc) is 2.98. The highest BCUT2D eigenvalue weighted by Crippen LogP contribution is 2.32. The summed E-state index contributed by atoms with van der Waals surface area (Å²) >= 11 is 6.67. The van der Waals surface area contributed by atoms with Gasteiger partial charge >= 0.3 is 0 Å². The van der Waals surface area contributed by atoms with Crippen molar-refractivity contribution in [2.24, 2.45) is 0 Å². The van der Waals surface area contributed by atoms with Gasteiger partial charge in [0.15, 0.2) is 11.6 Å². The summed E-state index contributed by atoms with van der Waals surface area (Å²) in [6.07, 6.45) is 1.93. The van der Waals surface area contributed by atoms with E-state index in [-0.39, 0.29) is 31.8 Å². The molecule has 1 aliphatic rings. The van der Waals surface area contributed by atoms with Gasteiger partial charge in [-0.1, -0.05) is 29.8 Å². The Morgan fingerprint density at radius 1 is 1.10 bits per heavy atom. The van der Waals surface area contributed by atoms with Crippen LogP contribution in [0, 0.1) is 11.6 Å². The Morgan fingerprint density at radius 2 is 1.83 bits per heavy atom. The number of hydrogen-bond acceptors (Lipinski definition) is 4. The Labute approximate surface area is 181 Å². The van der Waals surface area contributed by atoms with Gasteiger partial charge in [-0.05, 0) is 59.7 Å². The summed E-state index contributed by atoms with van der Waals surface area (Å²) in [6, 6.07) is 10.3. The molecular weight excluding hydrogens is 434 g/mol. The fourth-order valence-electron chi connectivity index (χ4n) is 2.75. The minimum absolute atomic E-state index is 0.0412. The monoisotopic (exact) mass is 450 g/mol. The molecule has 3 rings (SSSR count). The highest BCUT2D eigenvalue weighted by atomic mass is 35.5. The number of imide groups is 1. The SMILES string of the molecule is O=C(CCc1ccc(F)c(F)c1)NCCN1C(=O)S/C(=C\c2ccc(Cl)cc2)C1=O. The van der Waals surface area contributed by atoms with Crippen molar-refractivity contribution in [3.8, 4) is 0 Å². The van der Waals surface area contributed by atoms with Crippen molar-refractivity contribution in [3.05, 3.63) is 75.2 Å². The zero-order valence-electron chi connectivity index (χ0n) is 15.7. The number of thioether (sulfide) groups is 1. The van der Waals surface area contributed by atoms with Gasteiger partial charge in [0, 0.05) is 24.5 Å². The summed E-state index contributed by atoms with van der Waals surface area (Å²) in [7, 11) is 0. The molecule has 0 aliphatic carbocycles. The smallest absolute Gasteiger partial charge is 0.293 e. The molecule has 0 spiro atoms. The quantitative estimate of drug-likeness (QED) is 0.635. The average molecular weight is 451 g/mol.